The van der Waals surface area contributed by atoms with Gasteiger partial charge in [0.15, 0.2) is 5.11 Å². The molecule has 1 aliphatic heterocycles. The first kappa shape index (κ1) is 34.4. The second-order valence-electron chi connectivity index (χ2n) is 11.4. The van der Waals surface area contributed by atoms with Gasteiger partial charge in [0.25, 0.3) is 9.70 Å². The molecular weight excluding hydrogens is 670 g/mol. The van der Waals surface area contributed by atoms with Crippen molar-refractivity contribution in [2.24, 2.45) is 0 Å². The molecule has 2 aliphatic rings. The van der Waals surface area contributed by atoms with Gasteiger partial charge in [0.2, 0.25) is 0 Å². The van der Waals surface area contributed by atoms with E-state index in [0.717, 1.165) is 67.5 Å². The molecule has 1 unspecified atom stereocenters. The Morgan fingerprint density at radius 2 is 1.76 bits per heavy atom. The minimum Gasteiger partial charge on any atom is -0.493 e. The second kappa shape index (κ2) is 15.8. The van der Waals surface area contributed by atoms with Crippen LogP contribution in [-0.2, 0) is 16.0 Å². The molecule has 0 spiro atoms. The van der Waals surface area contributed by atoms with Crippen molar-refractivity contribution in [1.29, 1.82) is 0 Å². The van der Waals surface area contributed by atoms with Crippen molar-refractivity contribution in [2.75, 3.05) is 56.2 Å². The quantitative estimate of drug-likeness (QED) is 0.0918. The smallest absolute Gasteiger partial charge is 0.272 e. The number of halogens is 4. The van der Waals surface area contributed by atoms with Crippen LogP contribution in [0.5, 0.6) is 5.75 Å². The number of morpholine rings is 1. The van der Waals surface area contributed by atoms with Crippen LogP contribution in [0.25, 0.3) is 0 Å². The van der Waals surface area contributed by atoms with Crippen LogP contribution in [0.15, 0.2) is 90.5 Å². The number of alkyl halides is 3. The summed E-state index contributed by atoms with van der Waals surface area (Å²) in [7, 11) is 0. The van der Waals surface area contributed by atoms with Crippen LogP contribution in [0, 0.1) is 5.82 Å². The largest absolute Gasteiger partial charge is 0.493 e. The number of hydrogen-bond donors (Lipinski definition) is 2. The second-order valence-corrected chi connectivity index (χ2v) is 14.1. The molecule has 1 saturated heterocycles. The Morgan fingerprint density at radius 1 is 1.04 bits per heavy atom. The van der Waals surface area contributed by atoms with E-state index in [4.69, 9.17) is 56.5 Å². The molecule has 1 atom stereocenters. The highest BCUT2D eigenvalue weighted by atomic mass is 35.6. The summed E-state index contributed by atoms with van der Waals surface area (Å²) in [6, 6.07) is 23.7. The number of ether oxygens (including phenoxy) is 2. The molecule has 2 N–H and O–H groups in total. The van der Waals surface area contributed by atoms with E-state index in [2.05, 4.69) is 15.5 Å². The fourth-order valence-corrected chi connectivity index (χ4v) is 6.04. The van der Waals surface area contributed by atoms with E-state index < -0.39 is 15.2 Å². The Balaban J connectivity index is 1.33. The van der Waals surface area contributed by atoms with Gasteiger partial charge in [0.1, 0.15) is 11.6 Å². The van der Waals surface area contributed by atoms with E-state index in [1.165, 1.54) is 12.1 Å². The fourth-order valence-electron chi connectivity index (χ4n) is 5.61. The van der Waals surface area contributed by atoms with Gasteiger partial charge in [0.05, 0.1) is 25.4 Å². The number of carbonyl (C=O) groups excluding carboxylic acids is 1. The summed E-state index contributed by atoms with van der Waals surface area (Å²) >= 11 is 23.6. The molecule has 0 bridgehead atoms. The maximum absolute atomic E-state index is 13.6. The van der Waals surface area contributed by atoms with Crippen LogP contribution in [-0.4, -0.2) is 71.3 Å². The van der Waals surface area contributed by atoms with E-state index in [0.29, 0.717) is 31.1 Å². The molecule has 1 heterocycles. The van der Waals surface area contributed by atoms with Gasteiger partial charge in [-0.1, -0.05) is 77.3 Å². The first-order chi connectivity index (χ1) is 22.1. The third kappa shape index (κ3) is 9.80. The fraction of sp³-hybridized carbons (Fsp3) is 0.353. The summed E-state index contributed by atoms with van der Waals surface area (Å²) in [4.78, 5) is 17.1. The molecule has 3 aromatic rings. The van der Waals surface area contributed by atoms with Crippen LogP contribution in [0.3, 0.4) is 0 Å². The normalized spacial score (nSPS) is 18.2. The van der Waals surface area contributed by atoms with Crippen molar-refractivity contribution in [1.82, 2.24) is 10.2 Å². The average Bonchev–Trinajstić information content (AvgIpc) is 3.02. The molecule has 0 saturated carbocycles. The molecule has 1 fully saturated rings. The summed E-state index contributed by atoms with van der Waals surface area (Å²) < 4.78 is 23.0. The number of nitrogens with zero attached hydrogens (tertiary/aromatic N) is 2. The number of para-hydroxylation sites is 1. The van der Waals surface area contributed by atoms with Crippen molar-refractivity contribution < 1.29 is 18.7 Å². The van der Waals surface area contributed by atoms with Crippen LogP contribution in [0.2, 0.25) is 0 Å². The lowest BCUT2D eigenvalue weighted by Gasteiger charge is -2.43. The molecular formula is C34H36Cl3FN4O3S. The maximum atomic E-state index is 13.6. The molecule has 5 rings (SSSR count). The lowest BCUT2D eigenvalue weighted by atomic mass is 9.74. The number of thiocarbonyl (C=S) groups is 1. The van der Waals surface area contributed by atoms with E-state index >= 15 is 0 Å². The molecule has 1 amide bonds. The number of rotatable bonds is 12. The number of anilines is 2. The Hall–Kier alpha value is -2.92. The number of hydrogen-bond acceptors (Lipinski definition) is 5. The highest BCUT2D eigenvalue weighted by Gasteiger charge is 2.43. The van der Waals surface area contributed by atoms with E-state index in [-0.39, 0.29) is 5.82 Å². The molecule has 46 heavy (non-hydrogen) atoms. The van der Waals surface area contributed by atoms with Crippen LogP contribution in [0.1, 0.15) is 18.4 Å². The van der Waals surface area contributed by atoms with E-state index in [9.17, 15) is 9.18 Å². The highest BCUT2D eigenvalue weighted by Crippen LogP contribution is 2.38. The van der Waals surface area contributed by atoms with Crippen LogP contribution < -0.4 is 20.3 Å². The first-order valence-corrected chi connectivity index (χ1v) is 16.6. The predicted octanol–water partition coefficient (Wildman–Crippen LogP) is 6.93. The number of benzene rings is 3. The molecule has 3 aromatic carbocycles. The molecule has 12 heteroatoms. The van der Waals surface area contributed by atoms with Crippen LogP contribution in [0.4, 0.5) is 15.8 Å². The zero-order valence-electron chi connectivity index (χ0n) is 25.2. The monoisotopic (exact) mass is 704 g/mol. The van der Waals surface area contributed by atoms with Crippen molar-refractivity contribution in [2.45, 2.75) is 28.6 Å². The summed E-state index contributed by atoms with van der Waals surface area (Å²) in [6.45, 7) is 5.44. The van der Waals surface area contributed by atoms with Gasteiger partial charge in [-0.2, -0.15) is 0 Å². The summed E-state index contributed by atoms with van der Waals surface area (Å²) in [5.41, 5.74) is 2.73. The summed E-state index contributed by atoms with van der Waals surface area (Å²) in [5, 5.41) is 6.74. The predicted molar refractivity (Wildman–Crippen MR) is 188 cm³/mol. The van der Waals surface area contributed by atoms with Gasteiger partial charge < -0.3 is 25.0 Å². The van der Waals surface area contributed by atoms with Crippen molar-refractivity contribution in [3.63, 3.8) is 0 Å². The third-order valence-corrected chi connectivity index (χ3v) is 8.66. The Kier molecular flexibility index (Phi) is 11.8. The SMILES string of the molecule is O=C(NC1(Cc2ccc(F)cc2)C=C(CN(C(=S)Nc2ccccc2)c2cccc(OCCCN3CCOCC3)c2)C1)C(Cl)(Cl)Cl. The number of amides is 1. The number of carbonyl (C=O) groups is 1. The highest BCUT2D eigenvalue weighted by molar-refractivity contribution is 7.80. The molecule has 0 aromatic heterocycles. The van der Waals surface area contributed by atoms with Gasteiger partial charge in [-0.15, -0.1) is 0 Å². The van der Waals surface area contributed by atoms with E-state index in [1.54, 1.807) is 12.1 Å². The molecule has 0 radical (unpaired) electrons. The lowest BCUT2D eigenvalue weighted by Crippen LogP contribution is -2.57. The minimum absolute atomic E-state index is 0.341. The summed E-state index contributed by atoms with van der Waals surface area (Å²) in [6.07, 6.45) is 3.74. The average molecular weight is 706 g/mol. The van der Waals surface area contributed by atoms with E-state index in [1.807, 2.05) is 65.6 Å². The first-order valence-electron chi connectivity index (χ1n) is 15.1. The lowest BCUT2D eigenvalue weighted by molar-refractivity contribution is -0.121. The zero-order valence-corrected chi connectivity index (χ0v) is 28.3. The van der Waals surface area contributed by atoms with Crippen LogP contribution >= 0.6 is 47.0 Å². The Morgan fingerprint density at radius 3 is 2.46 bits per heavy atom. The molecule has 1 aliphatic carbocycles. The Labute approximate surface area is 289 Å². The standard InChI is InChI=1S/C34H36Cl3FN4O3S/c35-34(36,37)31(43)40-33(21-25-10-12-27(38)13-11-25)22-26(23-33)24-42(32(46)39-28-6-2-1-3-7-28)29-8-4-9-30(20-29)45-17-5-14-41-15-18-44-19-16-41/h1-4,6-13,20,22H,5,14-19,21,23-24H2,(H,39,46)(H,40,43). The molecule has 244 valence electrons. The third-order valence-electron chi connectivity index (χ3n) is 7.83. The minimum atomic E-state index is -2.13. The van der Waals surface area contributed by atoms with Gasteiger partial charge in [-0.05, 0) is 79.0 Å². The van der Waals surface area contributed by atoms with Crippen molar-refractivity contribution >= 4 is 69.4 Å². The molecule has 7 nitrogen and oxygen atoms in total. The van der Waals surface area contributed by atoms with Gasteiger partial charge in [-0.3, -0.25) is 9.69 Å². The van der Waals surface area contributed by atoms with Crippen molar-refractivity contribution in [3.8, 4) is 5.75 Å². The van der Waals surface area contributed by atoms with Gasteiger partial charge in [-0.25, -0.2) is 4.39 Å². The summed E-state index contributed by atoms with van der Waals surface area (Å²) in [5.74, 6) is -0.326. The van der Waals surface area contributed by atoms with Gasteiger partial charge in [0, 0.05) is 43.6 Å². The number of nitrogens with one attached hydrogen (secondary N) is 2. The van der Waals surface area contributed by atoms with Crippen molar-refractivity contribution in [3.05, 3.63) is 102 Å². The topological polar surface area (TPSA) is 66.1 Å². The zero-order chi connectivity index (χ0) is 32.6. The van der Waals surface area contributed by atoms with Gasteiger partial charge >= 0.3 is 0 Å². The maximum Gasteiger partial charge on any atom is 0.272 e. The Bertz CT molecular complexity index is 1520.